The van der Waals surface area contributed by atoms with Crippen LogP contribution in [0.25, 0.3) is 0 Å². The Morgan fingerprint density at radius 3 is 2.45 bits per heavy atom. The lowest BCUT2D eigenvalue weighted by Gasteiger charge is -2.37. The number of hydrogen-bond donors (Lipinski definition) is 1. The van der Waals surface area contributed by atoms with Crippen LogP contribution in [-0.4, -0.2) is 37.6 Å². The summed E-state index contributed by atoms with van der Waals surface area (Å²) in [6, 6.07) is 7.44. The maximum Gasteiger partial charge on any atom is 0.0389 e. The zero-order chi connectivity index (χ0) is 14.1. The Morgan fingerprint density at radius 2 is 1.85 bits per heavy atom. The molecular formula is C17H27N3. The van der Waals surface area contributed by atoms with Crippen molar-refractivity contribution in [3.8, 4) is 0 Å². The van der Waals surface area contributed by atoms with Crippen LogP contribution in [0.5, 0.6) is 0 Å². The quantitative estimate of drug-likeness (QED) is 0.856. The molecule has 2 N–H and O–H groups in total. The number of piperidine rings is 1. The number of nitrogens with zero attached hydrogens (tertiary/aromatic N) is 2. The number of rotatable bonds is 4. The molecule has 20 heavy (non-hydrogen) atoms. The molecule has 0 atom stereocenters. The highest BCUT2D eigenvalue weighted by Gasteiger charge is 2.26. The van der Waals surface area contributed by atoms with Gasteiger partial charge in [0.2, 0.25) is 0 Å². The highest BCUT2D eigenvalue weighted by atomic mass is 15.2. The fourth-order valence-electron chi connectivity index (χ4n) is 3.32. The van der Waals surface area contributed by atoms with Gasteiger partial charge in [-0.15, -0.1) is 0 Å². The first kappa shape index (κ1) is 13.7. The Labute approximate surface area is 122 Å². The van der Waals surface area contributed by atoms with Gasteiger partial charge in [-0.2, -0.15) is 0 Å². The zero-order valence-electron chi connectivity index (χ0n) is 12.8. The average molecular weight is 273 g/mol. The summed E-state index contributed by atoms with van der Waals surface area (Å²) < 4.78 is 0. The van der Waals surface area contributed by atoms with E-state index in [2.05, 4.69) is 42.0 Å². The van der Waals surface area contributed by atoms with E-state index in [1.807, 2.05) is 0 Å². The van der Waals surface area contributed by atoms with E-state index in [4.69, 9.17) is 5.73 Å². The fraction of sp³-hybridized carbons (Fsp3) is 0.647. The van der Waals surface area contributed by atoms with Crippen molar-refractivity contribution >= 4 is 11.4 Å². The van der Waals surface area contributed by atoms with Gasteiger partial charge in [0.05, 0.1) is 0 Å². The average Bonchev–Trinajstić information content (AvgIpc) is 3.30. The molecule has 3 rings (SSSR count). The van der Waals surface area contributed by atoms with Crippen LogP contribution in [0.1, 0.15) is 44.1 Å². The third kappa shape index (κ3) is 2.93. The molecule has 1 aliphatic heterocycles. The van der Waals surface area contributed by atoms with E-state index in [0.29, 0.717) is 0 Å². The van der Waals surface area contributed by atoms with Crippen molar-refractivity contribution in [3.05, 3.63) is 23.8 Å². The van der Waals surface area contributed by atoms with E-state index in [9.17, 15) is 0 Å². The normalized spacial score (nSPS) is 20.6. The van der Waals surface area contributed by atoms with Gasteiger partial charge < -0.3 is 15.5 Å². The molecule has 2 fully saturated rings. The van der Waals surface area contributed by atoms with E-state index >= 15 is 0 Å². The molecule has 0 spiro atoms. The second-order valence-corrected chi connectivity index (χ2v) is 6.42. The first-order chi connectivity index (χ1) is 9.67. The summed E-state index contributed by atoms with van der Waals surface area (Å²) in [4.78, 5) is 4.99. The summed E-state index contributed by atoms with van der Waals surface area (Å²) in [6.45, 7) is 5.70. The lowest BCUT2D eigenvalue weighted by atomic mass is 10.0. The number of nitrogen functional groups attached to an aromatic ring is 1. The van der Waals surface area contributed by atoms with Crippen molar-refractivity contribution in [1.82, 2.24) is 4.90 Å². The van der Waals surface area contributed by atoms with E-state index in [-0.39, 0.29) is 0 Å². The zero-order valence-corrected chi connectivity index (χ0v) is 12.8. The van der Waals surface area contributed by atoms with Gasteiger partial charge in [-0.25, -0.2) is 0 Å². The van der Waals surface area contributed by atoms with Crippen LogP contribution in [0.2, 0.25) is 0 Å². The van der Waals surface area contributed by atoms with E-state index in [1.165, 1.54) is 36.9 Å². The van der Waals surface area contributed by atoms with Gasteiger partial charge in [0.15, 0.2) is 0 Å². The molecule has 0 radical (unpaired) electrons. The Bertz CT molecular complexity index is 459. The third-order valence-corrected chi connectivity index (χ3v) is 4.96. The molecule has 1 saturated heterocycles. The van der Waals surface area contributed by atoms with Crippen molar-refractivity contribution in [3.63, 3.8) is 0 Å². The lowest BCUT2D eigenvalue weighted by Crippen LogP contribution is -2.43. The fourth-order valence-corrected chi connectivity index (χ4v) is 3.32. The highest BCUT2D eigenvalue weighted by molar-refractivity contribution is 5.59. The van der Waals surface area contributed by atoms with Gasteiger partial charge in [-0.05, 0) is 69.0 Å². The van der Waals surface area contributed by atoms with Crippen molar-refractivity contribution in [2.24, 2.45) is 0 Å². The molecule has 2 aliphatic rings. The van der Waals surface area contributed by atoms with Gasteiger partial charge in [-0.3, -0.25) is 0 Å². The Kier molecular flexibility index (Phi) is 3.88. The molecule has 0 amide bonds. The molecule has 1 saturated carbocycles. The smallest absolute Gasteiger partial charge is 0.0389 e. The number of benzene rings is 1. The van der Waals surface area contributed by atoms with Crippen LogP contribution in [0.4, 0.5) is 11.4 Å². The molecule has 3 heteroatoms. The first-order valence-corrected chi connectivity index (χ1v) is 8.03. The van der Waals surface area contributed by atoms with Crippen molar-refractivity contribution < 1.29 is 0 Å². The molecule has 3 nitrogen and oxygen atoms in total. The van der Waals surface area contributed by atoms with Crippen LogP contribution in [-0.2, 0) is 0 Å². The van der Waals surface area contributed by atoms with Crippen molar-refractivity contribution in [1.29, 1.82) is 0 Å². The second-order valence-electron chi connectivity index (χ2n) is 6.42. The summed E-state index contributed by atoms with van der Waals surface area (Å²) in [5.41, 5.74) is 9.81. The standard InChI is InChI=1S/C17H27N3/c1-3-19(2)16-6-8-20(9-7-16)17-11-14(13-4-5-13)10-15(18)12-17/h10-13,16H,3-9,18H2,1-2H3. The number of hydrogen-bond acceptors (Lipinski definition) is 3. The van der Waals surface area contributed by atoms with Gasteiger partial charge in [-0.1, -0.05) is 6.92 Å². The Hall–Kier alpha value is -1.22. The molecular weight excluding hydrogens is 246 g/mol. The van der Waals surface area contributed by atoms with Crippen LogP contribution >= 0.6 is 0 Å². The molecule has 1 heterocycles. The van der Waals surface area contributed by atoms with Gasteiger partial charge in [0, 0.05) is 30.5 Å². The van der Waals surface area contributed by atoms with Crippen LogP contribution in [0.3, 0.4) is 0 Å². The second kappa shape index (κ2) is 5.65. The van der Waals surface area contributed by atoms with Gasteiger partial charge >= 0.3 is 0 Å². The molecule has 110 valence electrons. The van der Waals surface area contributed by atoms with Gasteiger partial charge in [0.25, 0.3) is 0 Å². The minimum Gasteiger partial charge on any atom is -0.399 e. The van der Waals surface area contributed by atoms with Crippen molar-refractivity contribution in [2.75, 3.05) is 37.3 Å². The molecule has 0 bridgehead atoms. The van der Waals surface area contributed by atoms with Gasteiger partial charge in [0.1, 0.15) is 0 Å². The monoisotopic (exact) mass is 273 g/mol. The van der Waals surface area contributed by atoms with E-state index in [1.54, 1.807) is 0 Å². The molecule has 1 aliphatic carbocycles. The summed E-state index contributed by atoms with van der Waals surface area (Å²) in [5, 5.41) is 0. The molecule has 1 aromatic carbocycles. The minimum atomic E-state index is 0.750. The highest BCUT2D eigenvalue weighted by Crippen LogP contribution is 2.42. The minimum absolute atomic E-state index is 0.750. The molecule has 1 aromatic rings. The van der Waals surface area contributed by atoms with Crippen molar-refractivity contribution in [2.45, 2.75) is 44.6 Å². The predicted octanol–water partition coefficient (Wildman–Crippen LogP) is 3.07. The lowest BCUT2D eigenvalue weighted by molar-refractivity contribution is 0.218. The molecule has 0 unspecified atom stereocenters. The summed E-state index contributed by atoms with van der Waals surface area (Å²) in [5.74, 6) is 0.779. The SMILES string of the molecule is CCN(C)C1CCN(c2cc(N)cc(C3CC3)c2)CC1. The Balaban J connectivity index is 1.68. The maximum atomic E-state index is 6.09. The topological polar surface area (TPSA) is 32.5 Å². The summed E-state index contributed by atoms with van der Waals surface area (Å²) in [7, 11) is 2.24. The molecule has 0 aromatic heterocycles. The maximum absolute atomic E-state index is 6.09. The van der Waals surface area contributed by atoms with E-state index in [0.717, 1.165) is 37.3 Å². The van der Waals surface area contributed by atoms with Crippen LogP contribution in [0, 0.1) is 0 Å². The predicted molar refractivity (Wildman–Crippen MR) is 86.4 cm³/mol. The van der Waals surface area contributed by atoms with E-state index < -0.39 is 0 Å². The number of anilines is 2. The van der Waals surface area contributed by atoms with Crippen LogP contribution < -0.4 is 10.6 Å². The largest absolute Gasteiger partial charge is 0.399 e. The first-order valence-electron chi connectivity index (χ1n) is 8.03. The number of nitrogens with two attached hydrogens (primary N) is 1. The third-order valence-electron chi connectivity index (χ3n) is 4.96. The van der Waals surface area contributed by atoms with Crippen LogP contribution in [0.15, 0.2) is 18.2 Å². The summed E-state index contributed by atoms with van der Waals surface area (Å²) in [6.07, 6.45) is 5.20. The Morgan fingerprint density at radius 1 is 1.15 bits per heavy atom. The summed E-state index contributed by atoms with van der Waals surface area (Å²) >= 11 is 0.